The van der Waals surface area contributed by atoms with Gasteiger partial charge in [-0.05, 0) is 42.9 Å². The Bertz CT molecular complexity index is 873. The second kappa shape index (κ2) is 8.14. The number of primary amides is 1. The van der Waals surface area contributed by atoms with Gasteiger partial charge in [0.15, 0.2) is 0 Å². The van der Waals surface area contributed by atoms with E-state index in [2.05, 4.69) is 0 Å². The Morgan fingerprint density at radius 3 is 2.53 bits per heavy atom. The topological polar surface area (TPSA) is 99.7 Å². The summed E-state index contributed by atoms with van der Waals surface area (Å²) in [7, 11) is 1.40. The van der Waals surface area contributed by atoms with Crippen LogP contribution in [-0.2, 0) is 20.5 Å². The normalized spacial score (nSPS) is 21.0. The van der Waals surface area contributed by atoms with E-state index in [9.17, 15) is 22.8 Å². The first kappa shape index (κ1) is 21.9. The molecule has 2 aliphatic rings. The lowest BCUT2D eigenvalue weighted by Crippen LogP contribution is -2.45. The number of nitrogens with two attached hydrogens (primary N) is 1. The summed E-state index contributed by atoms with van der Waals surface area (Å²) >= 11 is 0. The number of amides is 2. The van der Waals surface area contributed by atoms with Gasteiger partial charge in [-0.1, -0.05) is 0 Å². The smallest absolute Gasteiger partial charge is 0.375 e. The number of nitriles is 1. The van der Waals surface area contributed by atoms with Crippen LogP contribution in [0.1, 0.15) is 30.4 Å². The van der Waals surface area contributed by atoms with E-state index in [1.807, 2.05) is 4.90 Å². The van der Waals surface area contributed by atoms with Gasteiger partial charge in [-0.2, -0.15) is 18.4 Å². The second-order valence-electron chi connectivity index (χ2n) is 7.90. The number of nitrogens with zero attached hydrogens (tertiary/aromatic N) is 3. The van der Waals surface area contributed by atoms with Gasteiger partial charge >= 0.3 is 6.18 Å². The number of alkyl halides is 3. The molecule has 1 atom stereocenters. The summed E-state index contributed by atoms with van der Waals surface area (Å²) in [6.07, 6.45) is -2.96. The van der Waals surface area contributed by atoms with Gasteiger partial charge < -0.3 is 20.3 Å². The van der Waals surface area contributed by atoms with Crippen molar-refractivity contribution in [1.29, 1.82) is 5.26 Å². The first-order valence-corrected chi connectivity index (χ1v) is 9.54. The number of carbonyl (C=O) groups excluding carboxylic acids is 2. The first-order valence-electron chi connectivity index (χ1n) is 9.54. The van der Waals surface area contributed by atoms with E-state index in [1.54, 1.807) is 6.07 Å². The fourth-order valence-electron chi connectivity index (χ4n) is 4.44. The molecule has 0 saturated carbocycles. The fraction of sp³-hybridized carbons (Fsp3) is 0.550. The van der Waals surface area contributed by atoms with Crippen LogP contribution in [0.25, 0.3) is 0 Å². The van der Waals surface area contributed by atoms with Crippen molar-refractivity contribution in [3.8, 4) is 6.07 Å². The van der Waals surface area contributed by atoms with Crippen molar-refractivity contribution < 1.29 is 27.5 Å². The number of likely N-dealkylation sites (tertiary alicyclic amines) is 1. The van der Waals surface area contributed by atoms with E-state index in [0.29, 0.717) is 44.6 Å². The summed E-state index contributed by atoms with van der Waals surface area (Å²) in [5.74, 6) is -0.872. The van der Waals surface area contributed by atoms with Crippen LogP contribution < -0.4 is 10.6 Å². The number of benzene rings is 1. The summed E-state index contributed by atoms with van der Waals surface area (Å²) in [6.45, 7) is 1.18. The molecule has 1 spiro atoms. The maximum Gasteiger partial charge on any atom is 0.417 e. The van der Waals surface area contributed by atoms with Crippen LogP contribution >= 0.6 is 0 Å². The van der Waals surface area contributed by atoms with Gasteiger partial charge in [-0.3, -0.25) is 9.59 Å². The van der Waals surface area contributed by atoms with Crippen LogP contribution in [0.15, 0.2) is 18.2 Å². The molecule has 1 aromatic rings. The Balaban J connectivity index is 1.75. The second-order valence-corrected chi connectivity index (χ2v) is 7.90. The van der Waals surface area contributed by atoms with E-state index in [4.69, 9.17) is 15.7 Å². The van der Waals surface area contributed by atoms with Gasteiger partial charge in [-0.15, -0.1) is 0 Å². The zero-order valence-electron chi connectivity index (χ0n) is 16.5. The number of hydrogen-bond donors (Lipinski definition) is 1. The van der Waals surface area contributed by atoms with Crippen molar-refractivity contribution in [3.05, 3.63) is 29.3 Å². The molecule has 162 valence electrons. The molecule has 1 aromatic carbocycles. The largest absolute Gasteiger partial charge is 0.417 e. The minimum atomic E-state index is -4.61. The zero-order chi connectivity index (χ0) is 22.1. The van der Waals surface area contributed by atoms with Crippen LogP contribution in [0.2, 0.25) is 0 Å². The Kier molecular flexibility index (Phi) is 5.94. The zero-order valence-corrected chi connectivity index (χ0v) is 16.5. The van der Waals surface area contributed by atoms with Gasteiger partial charge in [-0.25, -0.2) is 0 Å². The summed E-state index contributed by atoms with van der Waals surface area (Å²) in [5, 5.41) is 8.96. The van der Waals surface area contributed by atoms with Crippen LogP contribution in [0.4, 0.5) is 18.9 Å². The maximum atomic E-state index is 13.3. The van der Waals surface area contributed by atoms with E-state index in [1.165, 1.54) is 24.1 Å². The monoisotopic (exact) mass is 424 g/mol. The molecule has 2 N–H and O–H groups in total. The standard InChI is InChI=1S/C20H23F3N4O3/c1-30-11-17(28)27-12-19(9-16(27)18(25)29)4-6-26(7-5-19)14-3-2-13(10-24)15(8-14)20(21,22)23/h2-3,8,16H,4-7,9,11-12H2,1H3,(H2,25,29). The van der Waals surface area contributed by atoms with E-state index in [0.717, 1.165) is 6.07 Å². The molecule has 0 aromatic heterocycles. The van der Waals surface area contributed by atoms with E-state index in [-0.39, 0.29) is 17.9 Å². The molecule has 7 nitrogen and oxygen atoms in total. The first-order chi connectivity index (χ1) is 14.1. The number of rotatable bonds is 4. The Morgan fingerprint density at radius 2 is 2.00 bits per heavy atom. The number of carbonyl (C=O) groups is 2. The third-order valence-corrected chi connectivity index (χ3v) is 6.04. The number of piperidine rings is 1. The highest BCUT2D eigenvalue weighted by Crippen LogP contribution is 2.44. The molecule has 2 fully saturated rings. The fourth-order valence-corrected chi connectivity index (χ4v) is 4.44. The van der Waals surface area contributed by atoms with Crippen molar-refractivity contribution >= 4 is 17.5 Å². The van der Waals surface area contributed by atoms with Gasteiger partial charge in [0.05, 0.1) is 17.2 Å². The molecular formula is C20H23F3N4O3. The SMILES string of the molecule is COCC(=O)N1CC2(CCN(c3ccc(C#N)c(C(F)(F)F)c3)CC2)CC1C(N)=O. The van der Waals surface area contributed by atoms with Crippen molar-refractivity contribution in [3.63, 3.8) is 0 Å². The lowest BCUT2D eigenvalue weighted by atomic mass is 9.76. The Hall–Kier alpha value is -2.80. The predicted molar refractivity (Wildman–Crippen MR) is 101 cm³/mol. The van der Waals surface area contributed by atoms with Crippen molar-refractivity contribution in [2.45, 2.75) is 31.5 Å². The average Bonchev–Trinajstić information content (AvgIpc) is 3.07. The maximum absolute atomic E-state index is 13.3. The van der Waals surface area contributed by atoms with Crippen LogP contribution in [0.5, 0.6) is 0 Å². The summed E-state index contributed by atoms with van der Waals surface area (Å²) in [4.78, 5) is 27.5. The van der Waals surface area contributed by atoms with Crippen molar-refractivity contribution in [2.24, 2.45) is 11.1 Å². The van der Waals surface area contributed by atoms with Gasteiger partial charge in [0, 0.05) is 32.4 Å². The molecule has 0 bridgehead atoms. The van der Waals surface area contributed by atoms with Crippen LogP contribution in [0.3, 0.4) is 0 Å². The number of anilines is 1. The molecule has 2 heterocycles. The quantitative estimate of drug-likeness (QED) is 0.796. The lowest BCUT2D eigenvalue weighted by Gasteiger charge is -2.40. The summed E-state index contributed by atoms with van der Waals surface area (Å²) in [5.41, 5.74) is 4.23. The van der Waals surface area contributed by atoms with Gasteiger partial charge in [0.1, 0.15) is 12.6 Å². The van der Waals surface area contributed by atoms with E-state index >= 15 is 0 Å². The number of ether oxygens (including phenoxy) is 1. The molecule has 0 aliphatic carbocycles. The minimum Gasteiger partial charge on any atom is -0.375 e. The molecule has 2 aliphatic heterocycles. The third kappa shape index (κ3) is 4.21. The van der Waals surface area contributed by atoms with Crippen LogP contribution in [-0.4, -0.2) is 56.1 Å². The molecule has 2 saturated heterocycles. The van der Waals surface area contributed by atoms with E-state index < -0.39 is 29.3 Å². The Labute approximate surface area is 172 Å². The molecule has 3 rings (SSSR count). The van der Waals surface area contributed by atoms with Gasteiger partial charge in [0.2, 0.25) is 11.8 Å². The number of methoxy groups -OCH3 is 1. The highest BCUT2D eigenvalue weighted by Gasteiger charge is 2.49. The molecular weight excluding hydrogens is 401 g/mol. The van der Waals surface area contributed by atoms with Crippen LogP contribution in [0, 0.1) is 16.7 Å². The molecule has 10 heteroatoms. The highest BCUT2D eigenvalue weighted by molar-refractivity contribution is 5.88. The van der Waals surface area contributed by atoms with Gasteiger partial charge in [0.25, 0.3) is 0 Å². The molecule has 30 heavy (non-hydrogen) atoms. The lowest BCUT2D eigenvalue weighted by molar-refractivity contribution is -0.140. The van der Waals surface area contributed by atoms with Crippen molar-refractivity contribution in [1.82, 2.24) is 4.90 Å². The Morgan fingerprint density at radius 1 is 1.33 bits per heavy atom. The predicted octanol–water partition coefficient (Wildman–Crippen LogP) is 1.90. The summed E-state index contributed by atoms with van der Waals surface area (Å²) in [6, 6.07) is 4.59. The molecule has 2 amide bonds. The number of halogens is 3. The number of hydrogen-bond acceptors (Lipinski definition) is 5. The minimum absolute atomic E-state index is 0.141. The average molecular weight is 424 g/mol. The molecule has 0 radical (unpaired) electrons. The molecule has 1 unspecified atom stereocenters. The third-order valence-electron chi connectivity index (χ3n) is 6.04. The van der Waals surface area contributed by atoms with Crippen molar-refractivity contribution in [2.75, 3.05) is 38.3 Å². The summed E-state index contributed by atoms with van der Waals surface area (Å²) < 4.78 is 44.7. The highest BCUT2D eigenvalue weighted by atomic mass is 19.4.